The van der Waals surface area contributed by atoms with Gasteiger partial charge < -0.3 is 15.2 Å². The number of nitrogens with one attached hydrogen (secondary N) is 1. The maximum atomic E-state index is 12.1. The van der Waals surface area contributed by atoms with E-state index in [9.17, 15) is 14.7 Å². The highest BCUT2D eigenvalue weighted by molar-refractivity contribution is 5.97. The minimum absolute atomic E-state index is 0.292. The number of carboxylic acid groups (broad SMARTS) is 1. The Kier molecular flexibility index (Phi) is 3.85. The van der Waals surface area contributed by atoms with E-state index < -0.39 is 11.5 Å². The number of ether oxygens (including phenoxy) is 1. The third kappa shape index (κ3) is 2.93. The fourth-order valence-corrected chi connectivity index (χ4v) is 2.11. The summed E-state index contributed by atoms with van der Waals surface area (Å²) in [6, 6.07) is 7.04. The van der Waals surface area contributed by atoms with E-state index in [-0.39, 0.29) is 5.91 Å². The molecule has 2 rings (SSSR count). The van der Waals surface area contributed by atoms with E-state index in [1.54, 1.807) is 12.1 Å². The second-order valence-corrected chi connectivity index (χ2v) is 4.82. The number of carbonyl (C=O) groups excluding carboxylic acids is 1. The molecular formula is C14H17NO4. The van der Waals surface area contributed by atoms with Crippen LogP contribution >= 0.6 is 0 Å². The second kappa shape index (κ2) is 5.40. The Balaban J connectivity index is 2.15. The molecule has 5 heteroatoms. The van der Waals surface area contributed by atoms with Crippen molar-refractivity contribution in [2.45, 2.75) is 25.3 Å². The first-order valence-corrected chi connectivity index (χ1v) is 6.24. The van der Waals surface area contributed by atoms with Crippen LogP contribution in [-0.4, -0.2) is 35.7 Å². The van der Waals surface area contributed by atoms with Gasteiger partial charge in [-0.2, -0.15) is 0 Å². The molecule has 19 heavy (non-hydrogen) atoms. The van der Waals surface area contributed by atoms with Crippen molar-refractivity contribution in [2.75, 3.05) is 13.2 Å². The molecule has 0 unspecified atom stereocenters. The minimum Gasteiger partial charge on any atom is -0.480 e. The van der Waals surface area contributed by atoms with Crippen LogP contribution in [0.5, 0.6) is 0 Å². The Morgan fingerprint density at radius 3 is 2.32 bits per heavy atom. The summed E-state index contributed by atoms with van der Waals surface area (Å²) in [7, 11) is 0. The average Bonchev–Trinajstić information content (AvgIpc) is 2.40. The number of benzene rings is 1. The molecule has 1 aromatic rings. The number of aryl methyl sites for hydroxylation is 1. The van der Waals surface area contributed by atoms with Gasteiger partial charge in [0.15, 0.2) is 0 Å². The van der Waals surface area contributed by atoms with E-state index >= 15 is 0 Å². The van der Waals surface area contributed by atoms with Gasteiger partial charge >= 0.3 is 5.97 Å². The first kappa shape index (κ1) is 13.5. The summed E-state index contributed by atoms with van der Waals surface area (Å²) in [5.74, 6) is -1.36. The Bertz CT molecular complexity index is 475. The van der Waals surface area contributed by atoms with Crippen LogP contribution in [0.4, 0.5) is 0 Å². The highest BCUT2D eigenvalue weighted by Crippen LogP contribution is 2.21. The van der Waals surface area contributed by atoms with E-state index in [4.69, 9.17) is 4.74 Å². The lowest BCUT2D eigenvalue weighted by Crippen LogP contribution is -2.57. The van der Waals surface area contributed by atoms with Gasteiger partial charge in [0, 0.05) is 31.6 Å². The Hall–Kier alpha value is -1.88. The van der Waals surface area contributed by atoms with E-state index in [0.717, 1.165) is 5.56 Å². The molecule has 0 bridgehead atoms. The van der Waals surface area contributed by atoms with E-state index in [0.29, 0.717) is 31.6 Å². The smallest absolute Gasteiger partial charge is 0.329 e. The maximum absolute atomic E-state index is 12.1. The lowest BCUT2D eigenvalue weighted by atomic mass is 9.89. The van der Waals surface area contributed by atoms with Crippen molar-refractivity contribution >= 4 is 11.9 Å². The molecule has 0 saturated carbocycles. The van der Waals surface area contributed by atoms with Gasteiger partial charge in [-0.25, -0.2) is 4.79 Å². The number of carbonyl (C=O) groups is 2. The van der Waals surface area contributed by atoms with Gasteiger partial charge in [0.05, 0.1) is 0 Å². The summed E-state index contributed by atoms with van der Waals surface area (Å²) in [6.45, 7) is 2.62. The molecule has 0 spiro atoms. The molecule has 1 heterocycles. The van der Waals surface area contributed by atoms with Gasteiger partial charge in [-0.15, -0.1) is 0 Å². The van der Waals surface area contributed by atoms with Crippen molar-refractivity contribution in [3.05, 3.63) is 35.4 Å². The Morgan fingerprint density at radius 2 is 1.79 bits per heavy atom. The molecule has 1 fully saturated rings. The average molecular weight is 263 g/mol. The monoisotopic (exact) mass is 263 g/mol. The first-order chi connectivity index (χ1) is 9.03. The third-order valence-corrected chi connectivity index (χ3v) is 3.42. The molecule has 1 amide bonds. The van der Waals surface area contributed by atoms with Crippen molar-refractivity contribution in [1.82, 2.24) is 5.32 Å². The molecule has 2 N–H and O–H groups in total. The highest BCUT2D eigenvalue weighted by atomic mass is 16.5. The normalized spacial score (nSPS) is 17.7. The number of amides is 1. The molecule has 102 valence electrons. The van der Waals surface area contributed by atoms with Crippen LogP contribution in [0.2, 0.25) is 0 Å². The molecule has 1 saturated heterocycles. The molecule has 0 radical (unpaired) electrons. The fourth-order valence-electron chi connectivity index (χ4n) is 2.11. The fraction of sp³-hybridized carbons (Fsp3) is 0.429. The molecule has 0 aliphatic carbocycles. The molecule has 0 aromatic heterocycles. The van der Waals surface area contributed by atoms with E-state index in [1.807, 2.05) is 19.1 Å². The van der Waals surface area contributed by atoms with Crippen LogP contribution in [0.25, 0.3) is 0 Å². The van der Waals surface area contributed by atoms with Crippen LogP contribution in [0.15, 0.2) is 24.3 Å². The zero-order valence-corrected chi connectivity index (χ0v) is 10.8. The predicted molar refractivity (Wildman–Crippen MR) is 69.1 cm³/mol. The maximum Gasteiger partial charge on any atom is 0.329 e. The number of hydrogen-bond donors (Lipinski definition) is 2. The summed E-state index contributed by atoms with van der Waals surface area (Å²) < 4.78 is 5.16. The van der Waals surface area contributed by atoms with Gasteiger partial charge in [-0.1, -0.05) is 17.7 Å². The zero-order chi connectivity index (χ0) is 13.9. The standard InChI is InChI=1S/C14H17NO4/c1-10-2-4-11(5-3-10)12(16)15-14(13(17)18)6-8-19-9-7-14/h2-5H,6-9H2,1H3,(H,15,16)(H,17,18). The predicted octanol–water partition coefficient (Wildman–Crippen LogP) is 1.36. The first-order valence-electron chi connectivity index (χ1n) is 6.24. The summed E-state index contributed by atoms with van der Waals surface area (Å²) in [4.78, 5) is 23.5. The molecule has 1 aliphatic heterocycles. The second-order valence-electron chi connectivity index (χ2n) is 4.82. The highest BCUT2D eigenvalue weighted by Gasteiger charge is 2.41. The third-order valence-electron chi connectivity index (χ3n) is 3.42. The number of hydrogen-bond acceptors (Lipinski definition) is 3. The largest absolute Gasteiger partial charge is 0.480 e. The Morgan fingerprint density at radius 1 is 1.21 bits per heavy atom. The molecule has 1 aromatic carbocycles. The number of aliphatic carboxylic acids is 1. The Labute approximate surface area is 111 Å². The van der Waals surface area contributed by atoms with Crippen molar-refractivity contribution in [3.63, 3.8) is 0 Å². The van der Waals surface area contributed by atoms with Crippen LogP contribution in [0, 0.1) is 6.92 Å². The number of rotatable bonds is 3. The van der Waals surface area contributed by atoms with Crippen molar-refractivity contribution in [1.29, 1.82) is 0 Å². The number of carboxylic acids is 1. The summed E-state index contributed by atoms with van der Waals surface area (Å²) in [5, 5.41) is 12.0. The summed E-state index contributed by atoms with van der Waals surface area (Å²) >= 11 is 0. The quantitative estimate of drug-likeness (QED) is 0.863. The van der Waals surface area contributed by atoms with Gasteiger partial charge in [-0.3, -0.25) is 4.79 Å². The van der Waals surface area contributed by atoms with Crippen LogP contribution in [0.3, 0.4) is 0 Å². The van der Waals surface area contributed by atoms with E-state index in [2.05, 4.69) is 5.32 Å². The summed E-state index contributed by atoms with van der Waals surface area (Å²) in [5.41, 5.74) is 0.313. The van der Waals surface area contributed by atoms with Crippen LogP contribution < -0.4 is 5.32 Å². The van der Waals surface area contributed by atoms with Gasteiger partial charge in [-0.05, 0) is 19.1 Å². The van der Waals surface area contributed by atoms with Crippen molar-refractivity contribution < 1.29 is 19.4 Å². The van der Waals surface area contributed by atoms with Crippen molar-refractivity contribution in [3.8, 4) is 0 Å². The van der Waals surface area contributed by atoms with Crippen molar-refractivity contribution in [2.24, 2.45) is 0 Å². The van der Waals surface area contributed by atoms with E-state index in [1.165, 1.54) is 0 Å². The lowest BCUT2D eigenvalue weighted by molar-refractivity contribution is -0.148. The van der Waals surface area contributed by atoms with Gasteiger partial charge in [0.25, 0.3) is 5.91 Å². The topological polar surface area (TPSA) is 75.6 Å². The zero-order valence-electron chi connectivity index (χ0n) is 10.8. The lowest BCUT2D eigenvalue weighted by Gasteiger charge is -2.33. The molecule has 5 nitrogen and oxygen atoms in total. The molecule has 1 aliphatic rings. The molecular weight excluding hydrogens is 246 g/mol. The van der Waals surface area contributed by atoms with Gasteiger partial charge in [0.1, 0.15) is 5.54 Å². The molecule has 0 atom stereocenters. The van der Waals surface area contributed by atoms with Gasteiger partial charge in [0.2, 0.25) is 0 Å². The SMILES string of the molecule is Cc1ccc(C(=O)NC2(C(=O)O)CCOCC2)cc1. The van der Waals surface area contributed by atoms with Crippen LogP contribution in [-0.2, 0) is 9.53 Å². The summed E-state index contributed by atoms with van der Waals surface area (Å²) in [6.07, 6.45) is 0.583. The van der Waals surface area contributed by atoms with Crippen LogP contribution in [0.1, 0.15) is 28.8 Å². The minimum atomic E-state index is -1.21.